The topological polar surface area (TPSA) is 21.7 Å². The van der Waals surface area contributed by atoms with Gasteiger partial charge < -0.3 is 9.47 Å². The van der Waals surface area contributed by atoms with Crippen LogP contribution in [0, 0.1) is 0 Å². The molecular formula is C24H32ClNO2. The van der Waals surface area contributed by atoms with E-state index in [1.54, 1.807) is 0 Å². The van der Waals surface area contributed by atoms with Gasteiger partial charge in [0.1, 0.15) is 0 Å². The molecule has 0 spiro atoms. The summed E-state index contributed by atoms with van der Waals surface area (Å²) in [5.74, 6) is 0. The van der Waals surface area contributed by atoms with Gasteiger partial charge in [-0.3, -0.25) is 4.90 Å². The maximum atomic E-state index is 6.31. The fourth-order valence-electron chi connectivity index (χ4n) is 3.67. The fourth-order valence-corrected chi connectivity index (χ4v) is 3.79. The molecule has 0 aliphatic carbocycles. The van der Waals surface area contributed by atoms with Gasteiger partial charge in [-0.1, -0.05) is 60.5 Å². The van der Waals surface area contributed by atoms with E-state index >= 15 is 0 Å². The van der Waals surface area contributed by atoms with Gasteiger partial charge in [-0.2, -0.15) is 0 Å². The summed E-state index contributed by atoms with van der Waals surface area (Å²) in [4.78, 5) is 2.46. The number of nitrogens with zero attached hydrogens (tertiary/aromatic N) is 1. The summed E-state index contributed by atoms with van der Waals surface area (Å²) >= 11 is 6.07. The van der Waals surface area contributed by atoms with Crippen molar-refractivity contribution in [3.05, 3.63) is 70.7 Å². The van der Waals surface area contributed by atoms with E-state index in [9.17, 15) is 0 Å². The van der Waals surface area contributed by atoms with Gasteiger partial charge in [0.2, 0.25) is 0 Å². The zero-order valence-electron chi connectivity index (χ0n) is 16.7. The third kappa shape index (κ3) is 7.56. The van der Waals surface area contributed by atoms with Gasteiger partial charge in [0.05, 0.1) is 19.3 Å². The maximum Gasteiger partial charge on any atom is 0.0824 e. The number of hydrogen-bond acceptors (Lipinski definition) is 3. The Kier molecular flexibility index (Phi) is 9.31. The Labute approximate surface area is 174 Å². The molecule has 0 radical (unpaired) electrons. The molecular weight excluding hydrogens is 370 g/mol. The predicted octanol–water partition coefficient (Wildman–Crippen LogP) is 5.53. The summed E-state index contributed by atoms with van der Waals surface area (Å²) in [6.45, 7) is 5.68. The van der Waals surface area contributed by atoms with Crippen LogP contribution >= 0.6 is 11.6 Å². The lowest BCUT2D eigenvalue weighted by Crippen LogP contribution is -2.37. The first-order valence-electron chi connectivity index (χ1n) is 10.5. The Bertz CT molecular complexity index is 656. The largest absolute Gasteiger partial charge is 0.379 e. The highest BCUT2D eigenvalue weighted by Gasteiger charge is 2.13. The number of morpholine rings is 1. The number of hydrogen-bond donors (Lipinski definition) is 0. The zero-order valence-corrected chi connectivity index (χ0v) is 17.4. The van der Waals surface area contributed by atoms with Crippen molar-refractivity contribution in [2.45, 2.75) is 38.2 Å². The summed E-state index contributed by atoms with van der Waals surface area (Å²) < 4.78 is 11.7. The quantitative estimate of drug-likeness (QED) is 0.462. The lowest BCUT2D eigenvalue weighted by molar-refractivity contribution is 0.0175. The Morgan fingerprint density at radius 1 is 0.929 bits per heavy atom. The molecule has 0 amide bonds. The van der Waals surface area contributed by atoms with Crippen molar-refractivity contribution < 1.29 is 9.47 Å². The Morgan fingerprint density at radius 3 is 2.43 bits per heavy atom. The van der Waals surface area contributed by atoms with Crippen molar-refractivity contribution in [2.75, 3.05) is 39.5 Å². The van der Waals surface area contributed by atoms with Gasteiger partial charge in [0.25, 0.3) is 0 Å². The van der Waals surface area contributed by atoms with Crippen LogP contribution in [0.3, 0.4) is 0 Å². The molecule has 1 aliphatic heterocycles. The first kappa shape index (κ1) is 21.3. The maximum absolute atomic E-state index is 6.31. The Hall–Kier alpha value is -1.39. The SMILES string of the molecule is Clc1ccc(C(CCCCc2ccccc2)OCCCN2CCOCC2)cc1. The standard InChI is InChI=1S/C24H32ClNO2/c25-23-13-11-22(12-14-23)24(10-5-4-9-21-7-2-1-3-8-21)28-18-6-15-26-16-19-27-20-17-26/h1-3,7-8,11-14,24H,4-6,9-10,15-20H2. The number of halogens is 1. The molecule has 0 N–H and O–H groups in total. The first-order chi connectivity index (χ1) is 13.8. The van der Waals surface area contributed by atoms with Gasteiger partial charge in [-0.05, 0) is 48.9 Å². The molecule has 3 rings (SSSR count). The second-order valence-corrected chi connectivity index (χ2v) is 7.89. The highest BCUT2D eigenvalue weighted by atomic mass is 35.5. The minimum atomic E-state index is 0.151. The van der Waals surface area contributed by atoms with E-state index in [0.717, 1.165) is 70.2 Å². The second kappa shape index (κ2) is 12.2. The van der Waals surface area contributed by atoms with Crippen LogP contribution in [-0.2, 0) is 15.9 Å². The lowest BCUT2D eigenvalue weighted by atomic mass is 10.0. The van der Waals surface area contributed by atoms with Crippen LogP contribution in [0.25, 0.3) is 0 Å². The van der Waals surface area contributed by atoms with E-state index in [1.165, 1.54) is 17.5 Å². The number of benzene rings is 2. The predicted molar refractivity (Wildman–Crippen MR) is 116 cm³/mol. The van der Waals surface area contributed by atoms with Crippen LogP contribution in [-0.4, -0.2) is 44.4 Å². The smallest absolute Gasteiger partial charge is 0.0824 e. The molecule has 28 heavy (non-hydrogen) atoms. The van der Waals surface area contributed by atoms with E-state index in [2.05, 4.69) is 47.4 Å². The van der Waals surface area contributed by atoms with Crippen LogP contribution in [0.15, 0.2) is 54.6 Å². The van der Waals surface area contributed by atoms with Crippen molar-refractivity contribution in [1.82, 2.24) is 4.90 Å². The van der Waals surface area contributed by atoms with Crippen LogP contribution in [0.5, 0.6) is 0 Å². The van der Waals surface area contributed by atoms with Gasteiger partial charge in [0.15, 0.2) is 0 Å². The van der Waals surface area contributed by atoms with Gasteiger partial charge >= 0.3 is 0 Å². The monoisotopic (exact) mass is 401 g/mol. The summed E-state index contributed by atoms with van der Waals surface area (Å²) in [6.07, 6.45) is 5.74. The van der Waals surface area contributed by atoms with Crippen molar-refractivity contribution in [3.8, 4) is 0 Å². The molecule has 3 nitrogen and oxygen atoms in total. The number of rotatable bonds is 11. The second-order valence-electron chi connectivity index (χ2n) is 7.45. The number of aryl methyl sites for hydroxylation is 1. The summed E-state index contributed by atoms with van der Waals surface area (Å²) in [6, 6.07) is 18.9. The van der Waals surface area contributed by atoms with E-state index in [1.807, 2.05) is 12.1 Å². The number of ether oxygens (including phenoxy) is 2. The van der Waals surface area contributed by atoms with Crippen LogP contribution in [0.4, 0.5) is 0 Å². The van der Waals surface area contributed by atoms with E-state index in [4.69, 9.17) is 21.1 Å². The molecule has 4 heteroatoms. The van der Waals surface area contributed by atoms with Crippen LogP contribution < -0.4 is 0 Å². The summed E-state index contributed by atoms with van der Waals surface area (Å²) in [5.41, 5.74) is 2.65. The molecule has 1 heterocycles. The van der Waals surface area contributed by atoms with E-state index < -0.39 is 0 Å². The molecule has 1 fully saturated rings. The Balaban J connectivity index is 1.43. The molecule has 1 aliphatic rings. The van der Waals surface area contributed by atoms with Crippen LogP contribution in [0.2, 0.25) is 5.02 Å². The first-order valence-corrected chi connectivity index (χ1v) is 10.9. The molecule has 152 valence electrons. The molecule has 1 saturated heterocycles. The highest BCUT2D eigenvalue weighted by Crippen LogP contribution is 2.25. The van der Waals surface area contributed by atoms with Gasteiger partial charge in [0, 0.05) is 31.3 Å². The van der Waals surface area contributed by atoms with Gasteiger partial charge in [-0.25, -0.2) is 0 Å². The minimum absolute atomic E-state index is 0.151. The van der Waals surface area contributed by atoms with Crippen molar-refractivity contribution in [2.24, 2.45) is 0 Å². The summed E-state index contributed by atoms with van der Waals surface area (Å²) in [7, 11) is 0. The van der Waals surface area contributed by atoms with Crippen molar-refractivity contribution in [1.29, 1.82) is 0 Å². The zero-order chi connectivity index (χ0) is 19.4. The molecule has 1 atom stereocenters. The molecule has 2 aromatic carbocycles. The fraction of sp³-hybridized carbons (Fsp3) is 0.500. The lowest BCUT2D eigenvalue weighted by Gasteiger charge is -2.27. The Morgan fingerprint density at radius 2 is 1.68 bits per heavy atom. The van der Waals surface area contributed by atoms with E-state index in [-0.39, 0.29) is 6.10 Å². The van der Waals surface area contributed by atoms with Gasteiger partial charge in [-0.15, -0.1) is 0 Å². The third-order valence-corrected chi connectivity index (χ3v) is 5.56. The molecule has 2 aromatic rings. The average Bonchev–Trinajstić information content (AvgIpc) is 2.75. The normalized spacial score (nSPS) is 16.2. The minimum Gasteiger partial charge on any atom is -0.379 e. The molecule has 0 aromatic heterocycles. The molecule has 0 saturated carbocycles. The molecule has 1 unspecified atom stereocenters. The molecule has 0 bridgehead atoms. The third-order valence-electron chi connectivity index (χ3n) is 5.31. The summed E-state index contributed by atoms with van der Waals surface area (Å²) in [5, 5.41) is 0.777. The van der Waals surface area contributed by atoms with E-state index in [0.29, 0.717) is 0 Å². The van der Waals surface area contributed by atoms with Crippen molar-refractivity contribution in [3.63, 3.8) is 0 Å². The van der Waals surface area contributed by atoms with Crippen molar-refractivity contribution >= 4 is 11.6 Å². The average molecular weight is 402 g/mol. The number of unbranched alkanes of at least 4 members (excludes halogenated alkanes) is 1. The highest BCUT2D eigenvalue weighted by molar-refractivity contribution is 6.30. The van der Waals surface area contributed by atoms with Crippen LogP contribution in [0.1, 0.15) is 42.9 Å².